The Hall–Kier alpha value is -0.970. The lowest BCUT2D eigenvalue weighted by atomic mass is 9.82. The van der Waals surface area contributed by atoms with E-state index < -0.39 is 0 Å². The quantitative estimate of drug-likeness (QED) is 0.746. The fourth-order valence-electron chi connectivity index (χ4n) is 0.993. The largest absolute Gasteiger partial charge is 0.321 e. The first kappa shape index (κ1) is 10.1. The number of hydrogen-bond donors (Lipinski definition) is 1. The third-order valence-corrected chi connectivity index (χ3v) is 2.56. The van der Waals surface area contributed by atoms with Crippen LogP contribution in [0, 0.1) is 5.41 Å². The SMILES string of the molecule is CCC(C)(C)C(N)c1nnn(C)n1. The molecule has 0 amide bonds. The van der Waals surface area contributed by atoms with Crippen molar-refractivity contribution in [2.75, 3.05) is 0 Å². The molecule has 74 valence electrons. The normalized spacial score (nSPS) is 14.5. The van der Waals surface area contributed by atoms with E-state index in [1.165, 1.54) is 4.80 Å². The standard InChI is InChI=1S/C8H17N5/c1-5-8(2,3)6(9)7-10-12-13(4)11-7/h6H,5,9H2,1-4H3. The van der Waals surface area contributed by atoms with Gasteiger partial charge in [0.15, 0.2) is 5.82 Å². The minimum atomic E-state index is -0.147. The molecule has 1 aromatic heterocycles. The molecule has 1 heterocycles. The molecule has 0 aliphatic heterocycles. The lowest BCUT2D eigenvalue weighted by Gasteiger charge is -2.27. The molecule has 0 aromatic carbocycles. The van der Waals surface area contributed by atoms with Gasteiger partial charge in [0.25, 0.3) is 0 Å². The van der Waals surface area contributed by atoms with Gasteiger partial charge in [-0.15, -0.1) is 10.2 Å². The van der Waals surface area contributed by atoms with Gasteiger partial charge < -0.3 is 5.73 Å². The molecule has 1 unspecified atom stereocenters. The van der Waals surface area contributed by atoms with Crippen molar-refractivity contribution in [3.05, 3.63) is 5.82 Å². The predicted octanol–water partition coefficient (Wildman–Crippen LogP) is 0.646. The average Bonchev–Trinajstić information content (AvgIpc) is 2.50. The number of rotatable bonds is 3. The maximum absolute atomic E-state index is 6.02. The van der Waals surface area contributed by atoms with Crippen LogP contribution in [0.3, 0.4) is 0 Å². The molecule has 0 aliphatic rings. The molecular weight excluding hydrogens is 166 g/mol. The van der Waals surface area contributed by atoms with E-state index in [1.54, 1.807) is 7.05 Å². The summed E-state index contributed by atoms with van der Waals surface area (Å²) in [5.41, 5.74) is 6.04. The van der Waals surface area contributed by atoms with Crippen molar-refractivity contribution in [1.29, 1.82) is 0 Å². The molecular formula is C8H17N5. The molecule has 0 radical (unpaired) electrons. The zero-order valence-corrected chi connectivity index (χ0v) is 8.65. The first-order valence-corrected chi connectivity index (χ1v) is 4.47. The zero-order chi connectivity index (χ0) is 10.1. The van der Waals surface area contributed by atoms with Gasteiger partial charge in [-0.1, -0.05) is 20.8 Å². The van der Waals surface area contributed by atoms with E-state index >= 15 is 0 Å². The van der Waals surface area contributed by atoms with Crippen molar-refractivity contribution in [2.45, 2.75) is 33.2 Å². The third-order valence-electron chi connectivity index (χ3n) is 2.56. The van der Waals surface area contributed by atoms with E-state index in [-0.39, 0.29) is 11.5 Å². The Kier molecular flexibility index (Phi) is 2.66. The van der Waals surface area contributed by atoms with Crippen LogP contribution in [-0.4, -0.2) is 20.2 Å². The molecule has 5 nitrogen and oxygen atoms in total. The van der Waals surface area contributed by atoms with Crippen LogP contribution in [0.1, 0.15) is 39.1 Å². The van der Waals surface area contributed by atoms with Gasteiger partial charge in [-0.2, -0.15) is 4.80 Å². The molecule has 1 rings (SSSR count). The summed E-state index contributed by atoms with van der Waals surface area (Å²) in [5, 5.41) is 11.8. The maximum atomic E-state index is 6.02. The van der Waals surface area contributed by atoms with Crippen molar-refractivity contribution in [2.24, 2.45) is 18.2 Å². The Morgan fingerprint density at radius 3 is 2.54 bits per heavy atom. The molecule has 0 aliphatic carbocycles. The summed E-state index contributed by atoms with van der Waals surface area (Å²) in [4.78, 5) is 1.43. The molecule has 1 atom stereocenters. The fourth-order valence-corrected chi connectivity index (χ4v) is 0.993. The highest BCUT2D eigenvalue weighted by Crippen LogP contribution is 2.31. The van der Waals surface area contributed by atoms with Crippen molar-refractivity contribution in [3.63, 3.8) is 0 Å². The van der Waals surface area contributed by atoms with E-state index in [4.69, 9.17) is 5.73 Å². The van der Waals surface area contributed by atoms with Gasteiger partial charge in [-0.05, 0) is 17.0 Å². The van der Waals surface area contributed by atoms with Crippen molar-refractivity contribution < 1.29 is 0 Å². The summed E-state index contributed by atoms with van der Waals surface area (Å²) < 4.78 is 0. The Morgan fingerprint density at radius 1 is 1.54 bits per heavy atom. The van der Waals surface area contributed by atoms with Crippen LogP contribution in [0.15, 0.2) is 0 Å². The second kappa shape index (κ2) is 3.41. The molecule has 5 heteroatoms. The van der Waals surface area contributed by atoms with E-state index in [2.05, 4.69) is 36.2 Å². The van der Waals surface area contributed by atoms with Crippen LogP contribution in [0.2, 0.25) is 0 Å². The topological polar surface area (TPSA) is 69.6 Å². The summed E-state index contributed by atoms with van der Waals surface area (Å²) in [6, 6.07) is -0.147. The summed E-state index contributed by atoms with van der Waals surface area (Å²) in [6.45, 7) is 6.32. The monoisotopic (exact) mass is 183 g/mol. The van der Waals surface area contributed by atoms with Gasteiger partial charge in [-0.25, -0.2) is 0 Å². The summed E-state index contributed by atoms with van der Waals surface area (Å²) in [6.07, 6.45) is 0.992. The predicted molar refractivity (Wildman–Crippen MR) is 49.8 cm³/mol. The highest BCUT2D eigenvalue weighted by molar-refractivity contribution is 4.95. The first-order chi connectivity index (χ1) is 5.97. The molecule has 0 saturated carbocycles. The number of tetrazole rings is 1. The maximum Gasteiger partial charge on any atom is 0.191 e. The fraction of sp³-hybridized carbons (Fsp3) is 0.875. The second-order valence-electron chi connectivity index (χ2n) is 3.96. The molecule has 1 aromatic rings. The lowest BCUT2D eigenvalue weighted by Crippen LogP contribution is -2.29. The van der Waals surface area contributed by atoms with Gasteiger partial charge >= 0.3 is 0 Å². The van der Waals surface area contributed by atoms with Crippen molar-refractivity contribution in [1.82, 2.24) is 20.2 Å². The third kappa shape index (κ3) is 2.03. The number of hydrogen-bond acceptors (Lipinski definition) is 4. The van der Waals surface area contributed by atoms with Crippen LogP contribution in [-0.2, 0) is 7.05 Å². The summed E-state index contributed by atoms with van der Waals surface area (Å²) in [5.74, 6) is 0.620. The molecule has 0 fully saturated rings. The molecule has 0 bridgehead atoms. The van der Waals surface area contributed by atoms with Gasteiger partial charge in [0.1, 0.15) is 0 Å². The van der Waals surface area contributed by atoms with Gasteiger partial charge in [-0.3, -0.25) is 0 Å². The Balaban J connectivity index is 2.84. The first-order valence-electron chi connectivity index (χ1n) is 4.47. The Morgan fingerprint density at radius 2 is 2.15 bits per heavy atom. The lowest BCUT2D eigenvalue weighted by molar-refractivity contribution is 0.268. The van der Waals surface area contributed by atoms with Gasteiger partial charge in [0, 0.05) is 0 Å². The Bertz CT molecular complexity index is 278. The number of aromatic nitrogens is 4. The minimum Gasteiger partial charge on any atom is -0.321 e. The average molecular weight is 183 g/mol. The van der Waals surface area contributed by atoms with E-state index in [9.17, 15) is 0 Å². The van der Waals surface area contributed by atoms with Crippen LogP contribution in [0.25, 0.3) is 0 Å². The van der Waals surface area contributed by atoms with Crippen LogP contribution in [0.5, 0.6) is 0 Å². The number of aryl methyl sites for hydroxylation is 1. The zero-order valence-electron chi connectivity index (χ0n) is 8.65. The van der Waals surface area contributed by atoms with E-state index in [0.29, 0.717) is 5.82 Å². The highest BCUT2D eigenvalue weighted by atomic mass is 15.6. The number of nitrogens with zero attached hydrogens (tertiary/aromatic N) is 4. The molecule has 0 spiro atoms. The number of nitrogens with two attached hydrogens (primary N) is 1. The van der Waals surface area contributed by atoms with Crippen LogP contribution >= 0.6 is 0 Å². The van der Waals surface area contributed by atoms with Crippen LogP contribution in [0.4, 0.5) is 0 Å². The summed E-state index contributed by atoms with van der Waals surface area (Å²) >= 11 is 0. The van der Waals surface area contributed by atoms with E-state index in [1.807, 2.05) is 0 Å². The summed E-state index contributed by atoms with van der Waals surface area (Å²) in [7, 11) is 1.74. The van der Waals surface area contributed by atoms with Crippen molar-refractivity contribution in [3.8, 4) is 0 Å². The van der Waals surface area contributed by atoms with Crippen molar-refractivity contribution >= 4 is 0 Å². The smallest absolute Gasteiger partial charge is 0.191 e. The van der Waals surface area contributed by atoms with Gasteiger partial charge in [0.05, 0.1) is 13.1 Å². The second-order valence-corrected chi connectivity index (χ2v) is 3.96. The minimum absolute atomic E-state index is 0.0169. The molecule has 0 saturated heterocycles. The van der Waals surface area contributed by atoms with Crippen LogP contribution < -0.4 is 5.73 Å². The van der Waals surface area contributed by atoms with Gasteiger partial charge in [0.2, 0.25) is 0 Å². The Labute approximate surface area is 78.3 Å². The van der Waals surface area contributed by atoms with E-state index in [0.717, 1.165) is 6.42 Å². The highest BCUT2D eigenvalue weighted by Gasteiger charge is 2.28. The molecule has 13 heavy (non-hydrogen) atoms. The molecule has 2 N–H and O–H groups in total.